The fourth-order valence-electron chi connectivity index (χ4n) is 0.0950. The average Bonchev–Trinajstić information content (AvgIpc) is 1.88. The summed E-state index contributed by atoms with van der Waals surface area (Å²) in [6.45, 7) is 0. The number of hydrogen-bond acceptors (Lipinski definition) is 7. The SMILES string of the molecule is C[S+]([O-])S(=S)(=S)SSSSI. The van der Waals surface area contributed by atoms with Crippen LogP contribution in [0.3, 0.4) is 0 Å². The van der Waals surface area contributed by atoms with Gasteiger partial charge < -0.3 is 4.55 Å². The molecule has 1 nitrogen and oxygen atoms in total. The van der Waals surface area contributed by atoms with Crippen molar-refractivity contribution in [2.75, 3.05) is 6.26 Å². The molecular weight excluding hydrogens is 411 g/mol. The van der Waals surface area contributed by atoms with Crippen molar-refractivity contribution < 1.29 is 4.55 Å². The summed E-state index contributed by atoms with van der Waals surface area (Å²) in [7, 11) is 5.03. The van der Waals surface area contributed by atoms with Crippen LogP contribution in [0.1, 0.15) is 0 Å². The van der Waals surface area contributed by atoms with Gasteiger partial charge in [0.1, 0.15) is 11.5 Å². The van der Waals surface area contributed by atoms with Gasteiger partial charge in [-0.3, -0.25) is 0 Å². The highest BCUT2D eigenvalue weighted by molar-refractivity contribution is 14.2. The predicted molar refractivity (Wildman–Crippen MR) is 80.5 cm³/mol. The first-order valence-electron chi connectivity index (χ1n) is 1.90. The van der Waals surface area contributed by atoms with E-state index in [0.717, 1.165) is 0 Å². The molecule has 10 heteroatoms. The molecule has 0 bridgehead atoms. The van der Waals surface area contributed by atoms with E-state index < -0.39 is 15.4 Å². The molecule has 0 aromatic heterocycles. The molecule has 1 unspecified atom stereocenters. The lowest BCUT2D eigenvalue weighted by atomic mass is 12.0. The van der Waals surface area contributed by atoms with Crippen LogP contribution in [-0.2, 0) is 37.8 Å². The van der Waals surface area contributed by atoms with Crippen molar-refractivity contribution in [1.82, 2.24) is 0 Å². The lowest BCUT2D eigenvalue weighted by molar-refractivity contribution is 0.614. The quantitative estimate of drug-likeness (QED) is 0.294. The maximum atomic E-state index is 10.9. The molecule has 0 rings (SSSR count). The second-order valence-electron chi connectivity index (χ2n) is 1.08. The van der Waals surface area contributed by atoms with Gasteiger partial charge in [0.05, 0.1) is 0 Å². The third-order valence-corrected chi connectivity index (χ3v) is 23.7. The third-order valence-electron chi connectivity index (χ3n) is 0.452. The van der Waals surface area contributed by atoms with Crippen LogP contribution in [0.2, 0.25) is 0 Å². The van der Waals surface area contributed by atoms with Gasteiger partial charge in [0.15, 0.2) is 0 Å². The molecule has 0 fully saturated rings. The minimum atomic E-state index is -1.79. The third kappa shape index (κ3) is 7.19. The van der Waals surface area contributed by atoms with Crippen LogP contribution in [0, 0.1) is 0 Å². The first-order valence-corrected chi connectivity index (χ1v) is 15.3. The van der Waals surface area contributed by atoms with Gasteiger partial charge in [0.25, 0.3) is 0 Å². The summed E-state index contributed by atoms with van der Waals surface area (Å²) in [6.07, 6.45) is 1.57. The predicted octanol–water partition coefficient (Wildman–Crippen LogP) is 3.30. The van der Waals surface area contributed by atoms with E-state index in [0.29, 0.717) is 0 Å². The average molecular weight is 414 g/mol. The molecule has 0 heterocycles. The molecule has 0 aliphatic rings. The number of rotatable bonds is 5. The molecule has 0 aromatic rings. The first-order chi connectivity index (χ1) is 5.00. The van der Waals surface area contributed by atoms with Gasteiger partial charge in [-0.05, 0) is 17.8 Å². The standard InChI is InChI=1S/CH3IOS8/c1-10(3)11(4,5)9-8-7-6-2/h1H3. The summed E-state index contributed by atoms with van der Waals surface area (Å²) < 4.78 is 10.9. The zero-order valence-corrected chi connectivity index (χ0v) is 13.7. The van der Waals surface area contributed by atoms with Crippen molar-refractivity contribution in [2.45, 2.75) is 0 Å². The Hall–Kier alpha value is 3.23. The highest BCUT2D eigenvalue weighted by atomic mass is 127. The zero-order chi connectivity index (χ0) is 8.91. The molecule has 0 saturated carbocycles. The number of halogens is 1. The summed E-state index contributed by atoms with van der Waals surface area (Å²) in [5, 5.41) is -1.79. The summed E-state index contributed by atoms with van der Waals surface area (Å²) in [6, 6.07) is 0. The maximum Gasteiger partial charge on any atom is 0.139 e. The molecule has 11 heavy (non-hydrogen) atoms. The first kappa shape index (κ1) is 14.2. The molecule has 0 aliphatic carbocycles. The second kappa shape index (κ2) is 7.51. The molecule has 68 valence electrons. The largest absolute Gasteiger partial charge is 0.604 e. The van der Waals surface area contributed by atoms with Gasteiger partial charge in [-0.1, -0.05) is 0 Å². The van der Waals surface area contributed by atoms with E-state index in [4.69, 9.17) is 22.4 Å². The lowest BCUT2D eigenvalue weighted by Crippen LogP contribution is -2.04. The van der Waals surface area contributed by atoms with Crippen LogP contribution in [0.25, 0.3) is 0 Å². The lowest BCUT2D eigenvalue weighted by Gasteiger charge is -2.08. The van der Waals surface area contributed by atoms with Gasteiger partial charge in [-0.15, -0.1) is 0 Å². The smallest absolute Gasteiger partial charge is 0.139 e. The monoisotopic (exact) mass is 414 g/mol. The van der Waals surface area contributed by atoms with Crippen molar-refractivity contribution >= 4 is 96.4 Å². The maximum absolute atomic E-state index is 10.9. The van der Waals surface area contributed by atoms with Crippen molar-refractivity contribution in [3.05, 3.63) is 0 Å². The van der Waals surface area contributed by atoms with E-state index in [1.165, 1.54) is 19.7 Å². The molecule has 0 amide bonds. The van der Waals surface area contributed by atoms with Crippen LogP contribution >= 0.6 is 58.6 Å². The Bertz CT molecular complexity index is 182. The Balaban J connectivity index is 3.75. The molecular formula is CH3IOS8. The fraction of sp³-hybridized carbons (Fsp3) is 1.00. The van der Waals surface area contributed by atoms with Crippen molar-refractivity contribution in [3.63, 3.8) is 0 Å². The highest BCUT2D eigenvalue weighted by Gasteiger charge is 2.13. The molecule has 0 saturated heterocycles. The highest BCUT2D eigenvalue weighted by Crippen LogP contribution is 2.49. The molecule has 0 radical (unpaired) electrons. The Kier molecular flexibility index (Phi) is 9.72. The van der Waals surface area contributed by atoms with Crippen molar-refractivity contribution in [1.29, 1.82) is 0 Å². The van der Waals surface area contributed by atoms with Gasteiger partial charge >= 0.3 is 0 Å². The normalized spacial score (nSPS) is 14.8. The Morgan fingerprint density at radius 1 is 1.45 bits per heavy atom. The van der Waals surface area contributed by atoms with Gasteiger partial charge in [-0.25, -0.2) is 0 Å². The van der Waals surface area contributed by atoms with Gasteiger partial charge in [-0.2, -0.15) is 0 Å². The topological polar surface area (TPSA) is 23.1 Å². The summed E-state index contributed by atoms with van der Waals surface area (Å²) in [5.74, 6) is 0. The van der Waals surface area contributed by atoms with E-state index in [1.807, 2.05) is 0 Å². The summed E-state index contributed by atoms with van der Waals surface area (Å²) >= 11 is 12.2. The molecule has 1 atom stereocenters. The van der Waals surface area contributed by atoms with E-state index in [9.17, 15) is 4.55 Å². The zero-order valence-electron chi connectivity index (χ0n) is 5.05. The van der Waals surface area contributed by atoms with E-state index >= 15 is 0 Å². The van der Waals surface area contributed by atoms with Crippen LogP contribution in [0.15, 0.2) is 0 Å². The van der Waals surface area contributed by atoms with Crippen molar-refractivity contribution in [3.8, 4) is 0 Å². The van der Waals surface area contributed by atoms with Crippen LogP contribution in [0.4, 0.5) is 0 Å². The van der Waals surface area contributed by atoms with Crippen LogP contribution < -0.4 is 0 Å². The molecule has 0 aliphatic heterocycles. The van der Waals surface area contributed by atoms with E-state index in [1.54, 1.807) is 24.0 Å². The van der Waals surface area contributed by atoms with Crippen LogP contribution in [-0.4, -0.2) is 10.8 Å². The van der Waals surface area contributed by atoms with Gasteiger partial charge in [0.2, 0.25) is 0 Å². The Morgan fingerprint density at radius 2 is 2.00 bits per heavy atom. The Morgan fingerprint density at radius 3 is 2.36 bits per heavy atom. The van der Waals surface area contributed by atoms with Crippen molar-refractivity contribution in [2.24, 2.45) is 0 Å². The van der Waals surface area contributed by atoms with Crippen LogP contribution in [0.5, 0.6) is 0 Å². The summed E-state index contributed by atoms with van der Waals surface area (Å²) in [4.78, 5) is 0. The van der Waals surface area contributed by atoms with E-state index in [2.05, 4.69) is 21.2 Å². The van der Waals surface area contributed by atoms with Gasteiger partial charge in [0, 0.05) is 73.4 Å². The molecule has 0 spiro atoms. The Labute approximate surface area is 105 Å². The molecule has 0 N–H and O–H groups in total. The number of hydrogen-bond donors (Lipinski definition) is 0. The minimum Gasteiger partial charge on any atom is -0.604 e. The summed E-state index contributed by atoms with van der Waals surface area (Å²) in [5.41, 5.74) is 0. The fourth-order valence-corrected chi connectivity index (χ4v) is 19.9. The minimum absolute atomic E-state index is 1.05. The molecule has 0 aromatic carbocycles. The second-order valence-corrected chi connectivity index (χ2v) is 22.9. The van der Waals surface area contributed by atoms with E-state index in [-0.39, 0.29) is 0 Å².